The molecule has 0 spiro atoms. The van der Waals surface area contributed by atoms with Gasteiger partial charge in [0.2, 0.25) is 0 Å². The van der Waals surface area contributed by atoms with Gasteiger partial charge >= 0.3 is 0 Å². The van der Waals surface area contributed by atoms with E-state index in [1.54, 1.807) is 0 Å². The van der Waals surface area contributed by atoms with Crippen molar-refractivity contribution in [3.8, 4) is 0 Å². The van der Waals surface area contributed by atoms with Crippen LogP contribution in [0, 0.1) is 11.8 Å². The van der Waals surface area contributed by atoms with Crippen LogP contribution in [0.25, 0.3) is 0 Å². The maximum absolute atomic E-state index is 5.80. The summed E-state index contributed by atoms with van der Waals surface area (Å²) >= 11 is 0. The van der Waals surface area contributed by atoms with Crippen LogP contribution < -0.4 is 11.5 Å². The maximum Gasteiger partial charge on any atom is 0.00818 e. The zero-order valence-corrected chi connectivity index (χ0v) is 6.01. The second-order valence-corrected chi connectivity index (χ2v) is 3.12. The summed E-state index contributed by atoms with van der Waals surface area (Å²) in [5, 5.41) is 0. The molecule has 0 aliphatic heterocycles. The first-order valence-electron chi connectivity index (χ1n) is 3.71. The molecule has 2 nitrogen and oxygen atoms in total. The summed E-state index contributed by atoms with van der Waals surface area (Å²) in [6.45, 7) is 3.01. The van der Waals surface area contributed by atoms with Crippen molar-refractivity contribution < 1.29 is 0 Å². The van der Waals surface area contributed by atoms with Crippen LogP contribution in [-0.2, 0) is 0 Å². The van der Waals surface area contributed by atoms with Crippen LogP contribution in [0.5, 0.6) is 0 Å². The molecule has 0 amide bonds. The fourth-order valence-corrected chi connectivity index (χ4v) is 1.71. The van der Waals surface area contributed by atoms with Gasteiger partial charge in [0, 0.05) is 6.04 Å². The Morgan fingerprint density at radius 3 is 2.33 bits per heavy atom. The molecular weight excluding hydrogens is 112 g/mol. The Balaban J connectivity index is 2.44. The average molecular weight is 128 g/mol. The molecule has 0 heterocycles. The van der Waals surface area contributed by atoms with Crippen molar-refractivity contribution in [3.63, 3.8) is 0 Å². The molecule has 3 unspecified atom stereocenters. The first-order valence-corrected chi connectivity index (χ1v) is 3.71. The predicted molar refractivity (Wildman–Crippen MR) is 38.9 cm³/mol. The number of hydrogen-bond donors (Lipinski definition) is 2. The lowest BCUT2D eigenvalue weighted by atomic mass is 9.96. The van der Waals surface area contributed by atoms with Gasteiger partial charge in [0.15, 0.2) is 0 Å². The third-order valence-electron chi connectivity index (χ3n) is 2.51. The van der Waals surface area contributed by atoms with Gasteiger partial charge in [0.1, 0.15) is 0 Å². The standard InChI is InChI=1S/C7H16N2/c1-5-2-3-7(9)6(5)4-8/h5-7H,2-4,8-9H2,1H3. The Morgan fingerprint density at radius 2 is 2.11 bits per heavy atom. The molecule has 3 atom stereocenters. The Labute approximate surface area is 56.6 Å². The van der Waals surface area contributed by atoms with E-state index in [2.05, 4.69) is 6.92 Å². The Morgan fingerprint density at radius 1 is 1.44 bits per heavy atom. The molecule has 0 saturated heterocycles. The Kier molecular flexibility index (Phi) is 2.09. The summed E-state index contributed by atoms with van der Waals surface area (Å²) in [7, 11) is 0. The molecule has 1 rings (SSSR count). The van der Waals surface area contributed by atoms with Gasteiger partial charge in [-0.25, -0.2) is 0 Å². The van der Waals surface area contributed by atoms with Crippen LogP contribution in [0.15, 0.2) is 0 Å². The molecule has 0 radical (unpaired) electrons. The lowest BCUT2D eigenvalue weighted by molar-refractivity contribution is 0.396. The van der Waals surface area contributed by atoms with E-state index in [1.807, 2.05) is 0 Å². The lowest BCUT2D eigenvalue weighted by Crippen LogP contribution is -2.32. The molecule has 0 aromatic rings. The summed E-state index contributed by atoms with van der Waals surface area (Å²) in [4.78, 5) is 0. The number of nitrogens with two attached hydrogens (primary N) is 2. The molecule has 1 aliphatic rings. The first kappa shape index (κ1) is 7.03. The van der Waals surface area contributed by atoms with Gasteiger partial charge in [-0.15, -0.1) is 0 Å². The smallest absolute Gasteiger partial charge is 0.00818 e. The highest BCUT2D eigenvalue weighted by molar-refractivity contribution is 4.85. The highest BCUT2D eigenvalue weighted by Gasteiger charge is 2.28. The van der Waals surface area contributed by atoms with Crippen LogP contribution in [-0.4, -0.2) is 12.6 Å². The van der Waals surface area contributed by atoms with Crippen molar-refractivity contribution in [1.29, 1.82) is 0 Å². The summed E-state index contributed by atoms with van der Waals surface area (Å²) in [6.07, 6.45) is 2.44. The van der Waals surface area contributed by atoms with E-state index >= 15 is 0 Å². The van der Waals surface area contributed by atoms with E-state index in [0.29, 0.717) is 12.0 Å². The topological polar surface area (TPSA) is 52.0 Å². The molecular formula is C7H16N2. The normalized spacial score (nSPS) is 43.7. The second-order valence-electron chi connectivity index (χ2n) is 3.12. The molecule has 2 heteroatoms. The summed E-state index contributed by atoms with van der Waals surface area (Å²) < 4.78 is 0. The van der Waals surface area contributed by atoms with E-state index in [1.165, 1.54) is 12.8 Å². The lowest BCUT2D eigenvalue weighted by Gasteiger charge is -2.16. The van der Waals surface area contributed by atoms with Crippen LogP contribution >= 0.6 is 0 Å². The minimum atomic E-state index is 0.380. The fourth-order valence-electron chi connectivity index (χ4n) is 1.71. The van der Waals surface area contributed by atoms with Crippen molar-refractivity contribution >= 4 is 0 Å². The van der Waals surface area contributed by atoms with Gasteiger partial charge in [-0.1, -0.05) is 6.92 Å². The first-order chi connectivity index (χ1) is 4.25. The largest absolute Gasteiger partial charge is 0.330 e. The van der Waals surface area contributed by atoms with Crippen molar-refractivity contribution in [1.82, 2.24) is 0 Å². The molecule has 0 aromatic carbocycles. The molecule has 9 heavy (non-hydrogen) atoms. The van der Waals surface area contributed by atoms with Gasteiger partial charge in [0.25, 0.3) is 0 Å². The average Bonchev–Trinajstić information content (AvgIpc) is 2.12. The second kappa shape index (κ2) is 2.67. The molecule has 1 fully saturated rings. The van der Waals surface area contributed by atoms with Crippen LogP contribution in [0.4, 0.5) is 0 Å². The van der Waals surface area contributed by atoms with E-state index in [9.17, 15) is 0 Å². The maximum atomic E-state index is 5.80. The van der Waals surface area contributed by atoms with Gasteiger partial charge in [-0.3, -0.25) is 0 Å². The van der Waals surface area contributed by atoms with Gasteiger partial charge in [0.05, 0.1) is 0 Å². The highest BCUT2D eigenvalue weighted by atomic mass is 14.7. The summed E-state index contributed by atoms with van der Waals surface area (Å²) in [6, 6.07) is 0.380. The Hall–Kier alpha value is -0.0800. The zero-order chi connectivity index (χ0) is 6.85. The number of rotatable bonds is 1. The van der Waals surface area contributed by atoms with Crippen molar-refractivity contribution in [3.05, 3.63) is 0 Å². The Bertz CT molecular complexity index is 82.9. The zero-order valence-electron chi connectivity index (χ0n) is 6.01. The van der Waals surface area contributed by atoms with Crippen molar-refractivity contribution in [2.75, 3.05) is 6.54 Å². The number of hydrogen-bond acceptors (Lipinski definition) is 2. The van der Waals surface area contributed by atoms with E-state index in [-0.39, 0.29) is 0 Å². The molecule has 4 N–H and O–H groups in total. The minimum Gasteiger partial charge on any atom is -0.330 e. The third kappa shape index (κ3) is 1.25. The van der Waals surface area contributed by atoms with E-state index in [0.717, 1.165) is 12.5 Å². The molecule has 0 bridgehead atoms. The third-order valence-corrected chi connectivity index (χ3v) is 2.51. The SMILES string of the molecule is CC1CCC(N)C1CN. The van der Waals surface area contributed by atoms with Crippen LogP contribution in [0.2, 0.25) is 0 Å². The van der Waals surface area contributed by atoms with E-state index < -0.39 is 0 Å². The predicted octanol–water partition coefficient (Wildman–Crippen LogP) is 0.319. The molecule has 0 aromatic heterocycles. The van der Waals surface area contributed by atoms with Gasteiger partial charge in [-0.05, 0) is 31.2 Å². The molecule has 1 aliphatic carbocycles. The molecule has 1 saturated carbocycles. The highest BCUT2D eigenvalue weighted by Crippen LogP contribution is 2.28. The van der Waals surface area contributed by atoms with Crippen molar-refractivity contribution in [2.45, 2.75) is 25.8 Å². The summed E-state index contributed by atoms with van der Waals surface area (Å²) in [5.41, 5.74) is 11.3. The molecule has 54 valence electrons. The van der Waals surface area contributed by atoms with Gasteiger partial charge < -0.3 is 11.5 Å². The minimum absolute atomic E-state index is 0.380. The quantitative estimate of drug-likeness (QED) is 0.534. The van der Waals surface area contributed by atoms with Crippen LogP contribution in [0.1, 0.15) is 19.8 Å². The van der Waals surface area contributed by atoms with Crippen molar-refractivity contribution in [2.24, 2.45) is 23.3 Å². The monoisotopic (exact) mass is 128 g/mol. The van der Waals surface area contributed by atoms with Crippen LogP contribution in [0.3, 0.4) is 0 Å². The summed E-state index contributed by atoms with van der Waals surface area (Å²) in [5.74, 6) is 1.34. The van der Waals surface area contributed by atoms with E-state index in [4.69, 9.17) is 11.5 Å². The fraction of sp³-hybridized carbons (Fsp3) is 1.00. The van der Waals surface area contributed by atoms with Gasteiger partial charge in [-0.2, -0.15) is 0 Å².